The van der Waals surface area contributed by atoms with Crippen molar-refractivity contribution in [2.75, 3.05) is 6.54 Å². The van der Waals surface area contributed by atoms with Gasteiger partial charge in [-0.3, -0.25) is 0 Å². The molecule has 108 valence electrons. The third kappa shape index (κ3) is 2.76. The van der Waals surface area contributed by atoms with Crippen LogP contribution in [0.1, 0.15) is 56.4 Å². The van der Waals surface area contributed by atoms with Gasteiger partial charge in [-0.15, -0.1) is 0 Å². The molecule has 0 saturated heterocycles. The molecule has 0 radical (unpaired) electrons. The van der Waals surface area contributed by atoms with Crippen LogP contribution in [0, 0.1) is 12.8 Å². The Morgan fingerprint density at radius 1 is 1.35 bits per heavy atom. The molecular formula is C18H25NO. The summed E-state index contributed by atoms with van der Waals surface area (Å²) in [5, 5.41) is 4.90. The zero-order valence-corrected chi connectivity index (χ0v) is 12.6. The molecule has 1 saturated carbocycles. The van der Waals surface area contributed by atoms with E-state index in [-0.39, 0.29) is 0 Å². The number of hydrogen-bond donors (Lipinski definition) is 1. The van der Waals surface area contributed by atoms with Gasteiger partial charge in [-0.2, -0.15) is 0 Å². The molecule has 0 bridgehead atoms. The van der Waals surface area contributed by atoms with Gasteiger partial charge in [0, 0.05) is 5.39 Å². The lowest BCUT2D eigenvalue weighted by molar-refractivity contribution is 0.248. The molecule has 0 aliphatic heterocycles. The van der Waals surface area contributed by atoms with Gasteiger partial charge in [0.2, 0.25) is 0 Å². The van der Waals surface area contributed by atoms with Crippen LogP contribution in [-0.4, -0.2) is 6.54 Å². The first kappa shape index (κ1) is 13.7. The Hall–Kier alpha value is -1.28. The number of furan rings is 1. The second kappa shape index (κ2) is 6.01. The van der Waals surface area contributed by atoms with E-state index in [2.05, 4.69) is 43.4 Å². The summed E-state index contributed by atoms with van der Waals surface area (Å²) >= 11 is 0. The highest BCUT2D eigenvalue weighted by Crippen LogP contribution is 2.36. The molecule has 1 aromatic carbocycles. The molecule has 3 rings (SSSR count). The first-order valence-electron chi connectivity index (χ1n) is 8.00. The SMILES string of the molecule is CCCNC(CC1CCC1)c1cc2cccc(C)c2o1. The van der Waals surface area contributed by atoms with Crippen LogP contribution in [0.15, 0.2) is 28.7 Å². The van der Waals surface area contributed by atoms with Crippen molar-refractivity contribution in [2.45, 2.75) is 52.0 Å². The van der Waals surface area contributed by atoms with E-state index in [1.54, 1.807) is 0 Å². The Morgan fingerprint density at radius 2 is 2.20 bits per heavy atom. The molecule has 1 atom stereocenters. The lowest BCUT2D eigenvalue weighted by Gasteiger charge is -2.29. The summed E-state index contributed by atoms with van der Waals surface area (Å²) in [6.45, 7) is 5.40. The topological polar surface area (TPSA) is 25.2 Å². The Balaban J connectivity index is 1.84. The highest BCUT2D eigenvalue weighted by Gasteiger charge is 2.25. The molecule has 1 N–H and O–H groups in total. The first-order chi connectivity index (χ1) is 9.78. The fourth-order valence-corrected chi connectivity index (χ4v) is 3.08. The summed E-state index contributed by atoms with van der Waals surface area (Å²) in [7, 11) is 0. The molecule has 1 aromatic heterocycles. The molecule has 2 heteroatoms. The van der Waals surface area contributed by atoms with Crippen molar-refractivity contribution >= 4 is 11.0 Å². The summed E-state index contributed by atoms with van der Waals surface area (Å²) in [4.78, 5) is 0. The fourth-order valence-electron chi connectivity index (χ4n) is 3.08. The maximum atomic E-state index is 6.16. The van der Waals surface area contributed by atoms with E-state index >= 15 is 0 Å². The number of fused-ring (bicyclic) bond motifs is 1. The molecule has 20 heavy (non-hydrogen) atoms. The predicted molar refractivity (Wildman–Crippen MR) is 83.9 cm³/mol. The largest absolute Gasteiger partial charge is 0.459 e. The van der Waals surface area contributed by atoms with Gasteiger partial charge in [-0.05, 0) is 43.9 Å². The van der Waals surface area contributed by atoms with E-state index in [1.165, 1.54) is 43.1 Å². The number of para-hydroxylation sites is 1. The predicted octanol–water partition coefficient (Wildman–Crippen LogP) is 4.97. The van der Waals surface area contributed by atoms with Gasteiger partial charge in [0.15, 0.2) is 0 Å². The molecule has 0 amide bonds. The van der Waals surface area contributed by atoms with Gasteiger partial charge in [0.1, 0.15) is 11.3 Å². The molecular weight excluding hydrogens is 246 g/mol. The number of hydrogen-bond acceptors (Lipinski definition) is 2. The third-order valence-corrected chi connectivity index (χ3v) is 4.54. The summed E-state index contributed by atoms with van der Waals surface area (Å²) in [5.41, 5.74) is 2.28. The zero-order chi connectivity index (χ0) is 13.9. The van der Waals surface area contributed by atoms with Crippen LogP contribution in [0.25, 0.3) is 11.0 Å². The fraction of sp³-hybridized carbons (Fsp3) is 0.556. The first-order valence-corrected chi connectivity index (χ1v) is 8.00. The van der Waals surface area contributed by atoms with Crippen molar-refractivity contribution < 1.29 is 4.42 Å². The summed E-state index contributed by atoms with van der Waals surface area (Å²) < 4.78 is 6.16. The van der Waals surface area contributed by atoms with E-state index in [1.807, 2.05) is 0 Å². The summed E-state index contributed by atoms with van der Waals surface area (Å²) in [5.74, 6) is 2.01. The highest BCUT2D eigenvalue weighted by molar-refractivity contribution is 5.81. The second-order valence-corrected chi connectivity index (χ2v) is 6.18. The maximum Gasteiger partial charge on any atom is 0.137 e. The average Bonchev–Trinajstić information content (AvgIpc) is 2.82. The molecule has 1 unspecified atom stereocenters. The smallest absolute Gasteiger partial charge is 0.137 e. The van der Waals surface area contributed by atoms with E-state index in [9.17, 15) is 0 Å². The van der Waals surface area contributed by atoms with Gasteiger partial charge >= 0.3 is 0 Å². The molecule has 2 nitrogen and oxygen atoms in total. The van der Waals surface area contributed by atoms with Crippen LogP contribution < -0.4 is 5.32 Å². The highest BCUT2D eigenvalue weighted by atomic mass is 16.3. The normalized spacial score (nSPS) is 17.3. The minimum absolute atomic E-state index is 0.382. The molecule has 1 aliphatic carbocycles. The molecule has 1 aliphatic rings. The van der Waals surface area contributed by atoms with Crippen molar-refractivity contribution in [2.24, 2.45) is 5.92 Å². The van der Waals surface area contributed by atoms with Gasteiger partial charge in [-0.1, -0.05) is 44.4 Å². The third-order valence-electron chi connectivity index (χ3n) is 4.54. The van der Waals surface area contributed by atoms with Crippen molar-refractivity contribution in [1.29, 1.82) is 0 Å². The molecule has 1 fully saturated rings. The minimum atomic E-state index is 0.382. The molecule has 1 heterocycles. The van der Waals surface area contributed by atoms with Crippen LogP contribution in [-0.2, 0) is 0 Å². The van der Waals surface area contributed by atoms with E-state index in [4.69, 9.17) is 4.42 Å². The summed E-state index contributed by atoms with van der Waals surface area (Å²) in [6, 6.07) is 8.99. The van der Waals surface area contributed by atoms with Crippen molar-refractivity contribution in [3.05, 3.63) is 35.6 Å². The minimum Gasteiger partial charge on any atom is -0.459 e. The Labute approximate surface area is 121 Å². The second-order valence-electron chi connectivity index (χ2n) is 6.18. The average molecular weight is 271 g/mol. The number of nitrogens with one attached hydrogen (secondary N) is 1. The van der Waals surface area contributed by atoms with Crippen LogP contribution in [0.2, 0.25) is 0 Å². The van der Waals surface area contributed by atoms with Crippen LogP contribution in [0.5, 0.6) is 0 Å². The lowest BCUT2D eigenvalue weighted by atomic mass is 9.80. The maximum absolute atomic E-state index is 6.16. The van der Waals surface area contributed by atoms with Gasteiger partial charge in [0.05, 0.1) is 6.04 Å². The standard InChI is InChI=1S/C18H25NO/c1-3-10-19-16(11-14-7-5-8-14)17-12-15-9-4-6-13(2)18(15)20-17/h4,6,9,12,14,16,19H,3,5,7-8,10-11H2,1-2H3. The monoisotopic (exact) mass is 271 g/mol. The van der Waals surface area contributed by atoms with Gasteiger partial charge < -0.3 is 9.73 Å². The lowest BCUT2D eigenvalue weighted by Crippen LogP contribution is -2.26. The van der Waals surface area contributed by atoms with Crippen molar-refractivity contribution in [1.82, 2.24) is 5.32 Å². The molecule has 2 aromatic rings. The Kier molecular flexibility index (Phi) is 4.11. The van der Waals surface area contributed by atoms with Gasteiger partial charge in [-0.25, -0.2) is 0 Å². The van der Waals surface area contributed by atoms with Crippen LogP contribution in [0.4, 0.5) is 0 Å². The van der Waals surface area contributed by atoms with Crippen molar-refractivity contribution in [3.63, 3.8) is 0 Å². The summed E-state index contributed by atoms with van der Waals surface area (Å²) in [6.07, 6.45) is 6.58. The zero-order valence-electron chi connectivity index (χ0n) is 12.6. The van der Waals surface area contributed by atoms with E-state index in [0.717, 1.165) is 23.8 Å². The quantitative estimate of drug-likeness (QED) is 0.802. The van der Waals surface area contributed by atoms with Crippen LogP contribution in [0.3, 0.4) is 0 Å². The Bertz CT molecular complexity index is 568. The number of aryl methyl sites for hydroxylation is 1. The van der Waals surface area contributed by atoms with Crippen molar-refractivity contribution in [3.8, 4) is 0 Å². The Morgan fingerprint density at radius 3 is 2.85 bits per heavy atom. The number of rotatable bonds is 6. The van der Waals surface area contributed by atoms with Crippen LogP contribution >= 0.6 is 0 Å². The number of benzene rings is 1. The molecule has 0 spiro atoms. The van der Waals surface area contributed by atoms with Gasteiger partial charge in [0.25, 0.3) is 0 Å². The van der Waals surface area contributed by atoms with E-state index < -0.39 is 0 Å². The van der Waals surface area contributed by atoms with E-state index in [0.29, 0.717) is 6.04 Å².